The summed E-state index contributed by atoms with van der Waals surface area (Å²) in [6.45, 7) is 3.84. The lowest BCUT2D eigenvalue weighted by Gasteiger charge is -2.13. The van der Waals surface area contributed by atoms with E-state index in [2.05, 4.69) is 10.6 Å². The van der Waals surface area contributed by atoms with Crippen molar-refractivity contribution in [2.45, 2.75) is 39.5 Å². The zero-order chi connectivity index (χ0) is 20.8. The van der Waals surface area contributed by atoms with E-state index in [1.807, 2.05) is 25.1 Å². The normalized spacial score (nSPS) is 12.6. The molecule has 0 saturated carbocycles. The van der Waals surface area contributed by atoms with Gasteiger partial charge in [-0.2, -0.15) is 0 Å². The number of para-hydroxylation sites is 1. The summed E-state index contributed by atoms with van der Waals surface area (Å²) in [4.78, 5) is 25.9. The van der Waals surface area contributed by atoms with Crippen molar-refractivity contribution in [3.05, 3.63) is 45.8 Å². The molecule has 1 aliphatic carbocycles. The highest BCUT2D eigenvalue weighted by atomic mass is 32.1. The van der Waals surface area contributed by atoms with Crippen LogP contribution in [0.5, 0.6) is 5.75 Å². The van der Waals surface area contributed by atoms with Crippen LogP contribution in [0.1, 0.15) is 46.1 Å². The number of rotatable bonds is 6. The Hall–Kier alpha value is -2.45. The van der Waals surface area contributed by atoms with Gasteiger partial charge >= 0.3 is 5.97 Å². The van der Waals surface area contributed by atoms with Gasteiger partial charge in [0, 0.05) is 4.88 Å². The number of ether oxygens (including phenoxy) is 2. The molecular formula is C21H24N2O4S2. The number of thiocarbonyl (C=S) groups is 1. The first kappa shape index (κ1) is 21.3. The molecule has 0 saturated heterocycles. The molecule has 8 heteroatoms. The van der Waals surface area contributed by atoms with Crippen molar-refractivity contribution in [1.29, 1.82) is 0 Å². The van der Waals surface area contributed by atoms with Gasteiger partial charge in [0.05, 0.1) is 12.2 Å². The van der Waals surface area contributed by atoms with E-state index in [9.17, 15) is 9.59 Å². The lowest BCUT2D eigenvalue weighted by atomic mass is 9.95. The molecule has 0 atom stereocenters. The maximum atomic E-state index is 12.5. The Balaban J connectivity index is 1.64. The number of aryl methyl sites for hydroxylation is 2. The molecule has 0 spiro atoms. The van der Waals surface area contributed by atoms with E-state index in [-0.39, 0.29) is 23.6 Å². The molecule has 1 aromatic heterocycles. The van der Waals surface area contributed by atoms with Gasteiger partial charge in [0.2, 0.25) is 0 Å². The van der Waals surface area contributed by atoms with Crippen molar-refractivity contribution >= 4 is 45.5 Å². The topological polar surface area (TPSA) is 76.7 Å². The van der Waals surface area contributed by atoms with Crippen LogP contribution < -0.4 is 15.4 Å². The van der Waals surface area contributed by atoms with Crippen LogP contribution >= 0.6 is 23.6 Å². The number of esters is 1. The Kier molecular flexibility index (Phi) is 7.22. The van der Waals surface area contributed by atoms with E-state index in [1.165, 1.54) is 16.2 Å². The Bertz CT molecular complexity index is 923. The molecule has 2 N–H and O–H groups in total. The molecule has 6 nitrogen and oxygen atoms in total. The molecule has 1 heterocycles. The molecule has 3 rings (SSSR count). The van der Waals surface area contributed by atoms with Gasteiger partial charge in [0.25, 0.3) is 5.91 Å². The maximum Gasteiger partial charge on any atom is 0.341 e. The van der Waals surface area contributed by atoms with Gasteiger partial charge in [-0.1, -0.05) is 18.2 Å². The van der Waals surface area contributed by atoms with Crippen molar-refractivity contribution in [1.82, 2.24) is 5.32 Å². The van der Waals surface area contributed by atoms with Crippen molar-refractivity contribution in [2.24, 2.45) is 0 Å². The Morgan fingerprint density at radius 3 is 2.72 bits per heavy atom. The number of carbonyl (C=O) groups excluding carboxylic acids is 2. The van der Waals surface area contributed by atoms with Gasteiger partial charge in [-0.25, -0.2) is 4.79 Å². The number of carbonyl (C=O) groups is 2. The van der Waals surface area contributed by atoms with E-state index in [0.717, 1.165) is 36.8 Å². The van der Waals surface area contributed by atoms with Crippen LogP contribution in [-0.2, 0) is 22.4 Å². The van der Waals surface area contributed by atoms with E-state index >= 15 is 0 Å². The maximum absolute atomic E-state index is 12.5. The molecule has 0 radical (unpaired) electrons. The average molecular weight is 433 g/mol. The summed E-state index contributed by atoms with van der Waals surface area (Å²) in [6.07, 6.45) is 3.95. The third-order valence-corrected chi connectivity index (χ3v) is 5.99. The summed E-state index contributed by atoms with van der Waals surface area (Å²) in [5, 5.41) is 6.37. The summed E-state index contributed by atoms with van der Waals surface area (Å²) in [7, 11) is 0. The number of hydrogen-bond donors (Lipinski definition) is 2. The molecule has 29 heavy (non-hydrogen) atoms. The van der Waals surface area contributed by atoms with Crippen LogP contribution in [0.15, 0.2) is 24.3 Å². The van der Waals surface area contributed by atoms with Crippen molar-refractivity contribution < 1.29 is 19.1 Å². The van der Waals surface area contributed by atoms with Crippen molar-refractivity contribution in [3.8, 4) is 5.75 Å². The molecule has 0 bridgehead atoms. The van der Waals surface area contributed by atoms with Crippen LogP contribution in [-0.4, -0.2) is 30.2 Å². The SMILES string of the molecule is CCOC(=O)c1c(NC(=S)NC(=O)COc2ccccc2C)sc2c1CCCC2. The smallest absolute Gasteiger partial charge is 0.341 e. The summed E-state index contributed by atoms with van der Waals surface area (Å²) in [6, 6.07) is 7.47. The van der Waals surface area contributed by atoms with Crippen LogP contribution in [0.2, 0.25) is 0 Å². The third kappa shape index (κ3) is 5.33. The molecule has 2 aromatic rings. The highest BCUT2D eigenvalue weighted by Crippen LogP contribution is 2.38. The number of fused-ring (bicyclic) bond motifs is 1. The standard InChI is InChI=1S/C21H24N2O4S2/c1-3-26-20(25)18-14-9-5-7-11-16(14)29-19(18)23-21(28)22-17(24)12-27-15-10-6-4-8-13(15)2/h4,6,8,10H,3,5,7,9,11-12H2,1-2H3,(H2,22,23,24,28). The summed E-state index contributed by atoms with van der Waals surface area (Å²) < 4.78 is 10.8. The summed E-state index contributed by atoms with van der Waals surface area (Å²) >= 11 is 6.78. The number of anilines is 1. The highest BCUT2D eigenvalue weighted by Gasteiger charge is 2.27. The fraction of sp³-hybridized carbons (Fsp3) is 0.381. The summed E-state index contributed by atoms with van der Waals surface area (Å²) in [5.74, 6) is -0.0757. The van der Waals surface area contributed by atoms with Crippen LogP contribution in [0, 0.1) is 6.92 Å². The Morgan fingerprint density at radius 1 is 1.21 bits per heavy atom. The predicted molar refractivity (Wildman–Crippen MR) is 118 cm³/mol. The second-order valence-electron chi connectivity index (χ2n) is 6.69. The van der Waals surface area contributed by atoms with Gasteiger partial charge in [-0.05, 0) is 68.9 Å². The lowest BCUT2D eigenvalue weighted by molar-refractivity contribution is -0.121. The monoisotopic (exact) mass is 432 g/mol. The minimum Gasteiger partial charge on any atom is -0.483 e. The molecule has 0 aliphatic heterocycles. The van der Waals surface area contributed by atoms with E-state index in [4.69, 9.17) is 21.7 Å². The molecule has 1 amide bonds. The second kappa shape index (κ2) is 9.84. The first-order chi connectivity index (χ1) is 14.0. The predicted octanol–water partition coefficient (Wildman–Crippen LogP) is 4.00. The second-order valence-corrected chi connectivity index (χ2v) is 8.21. The zero-order valence-corrected chi connectivity index (χ0v) is 18.1. The minimum atomic E-state index is -0.371. The van der Waals surface area contributed by atoms with Gasteiger partial charge in [0.15, 0.2) is 11.7 Å². The number of nitrogens with one attached hydrogen (secondary N) is 2. The third-order valence-electron chi connectivity index (χ3n) is 4.58. The first-order valence-corrected chi connectivity index (χ1v) is 10.8. The minimum absolute atomic E-state index is 0.132. The quantitative estimate of drug-likeness (QED) is 0.531. The first-order valence-electron chi connectivity index (χ1n) is 9.60. The highest BCUT2D eigenvalue weighted by molar-refractivity contribution is 7.80. The molecule has 1 aliphatic rings. The molecule has 154 valence electrons. The fourth-order valence-corrected chi connectivity index (χ4v) is 4.79. The fourth-order valence-electron chi connectivity index (χ4n) is 3.23. The van der Waals surface area contributed by atoms with Crippen LogP contribution in [0.25, 0.3) is 0 Å². The van der Waals surface area contributed by atoms with E-state index < -0.39 is 0 Å². The number of amides is 1. The Morgan fingerprint density at radius 2 is 1.97 bits per heavy atom. The van der Waals surface area contributed by atoms with Gasteiger partial charge in [-0.15, -0.1) is 11.3 Å². The van der Waals surface area contributed by atoms with Crippen LogP contribution in [0.4, 0.5) is 5.00 Å². The number of thiophene rings is 1. The van der Waals surface area contributed by atoms with Gasteiger partial charge in [0.1, 0.15) is 10.8 Å². The Labute approximate surface area is 179 Å². The number of hydrogen-bond acceptors (Lipinski definition) is 6. The molecular weight excluding hydrogens is 408 g/mol. The average Bonchev–Trinajstić information content (AvgIpc) is 3.05. The largest absolute Gasteiger partial charge is 0.483 e. The molecule has 0 unspecified atom stereocenters. The summed E-state index contributed by atoms with van der Waals surface area (Å²) in [5.41, 5.74) is 2.53. The van der Waals surface area contributed by atoms with Crippen molar-refractivity contribution in [3.63, 3.8) is 0 Å². The lowest BCUT2D eigenvalue weighted by Crippen LogP contribution is -2.37. The number of benzene rings is 1. The molecule has 0 fully saturated rings. The van der Waals surface area contributed by atoms with E-state index in [1.54, 1.807) is 13.0 Å². The van der Waals surface area contributed by atoms with Crippen molar-refractivity contribution in [2.75, 3.05) is 18.5 Å². The zero-order valence-electron chi connectivity index (χ0n) is 16.5. The van der Waals surface area contributed by atoms with E-state index in [0.29, 0.717) is 22.9 Å². The van der Waals surface area contributed by atoms with Crippen LogP contribution in [0.3, 0.4) is 0 Å². The van der Waals surface area contributed by atoms with Gasteiger partial charge in [-0.3, -0.25) is 10.1 Å². The molecule has 1 aromatic carbocycles. The van der Waals surface area contributed by atoms with Gasteiger partial charge < -0.3 is 14.8 Å².